The zero-order valence-corrected chi connectivity index (χ0v) is 11.9. The van der Waals surface area contributed by atoms with Crippen LogP contribution in [0.15, 0.2) is 18.2 Å². The van der Waals surface area contributed by atoms with Crippen molar-refractivity contribution in [2.45, 2.75) is 32.9 Å². The number of ether oxygens (including phenoxy) is 1. The van der Waals surface area contributed by atoms with Crippen molar-refractivity contribution >= 4 is 0 Å². The molecule has 0 amide bonds. The molecular weight excluding hydrogens is 240 g/mol. The van der Waals surface area contributed by atoms with E-state index in [9.17, 15) is 5.11 Å². The lowest BCUT2D eigenvalue weighted by Gasteiger charge is -2.27. The van der Waals surface area contributed by atoms with E-state index in [1.165, 1.54) is 6.42 Å². The van der Waals surface area contributed by atoms with Gasteiger partial charge in [-0.05, 0) is 32.5 Å². The monoisotopic (exact) mass is 264 g/mol. The number of para-hydroxylation sites is 1. The SMILES string of the molecule is CCOc1cccc(CN(CC)C2CCNC2)c1O. The third-order valence-corrected chi connectivity index (χ3v) is 3.71. The molecule has 4 heteroatoms. The van der Waals surface area contributed by atoms with Gasteiger partial charge >= 0.3 is 0 Å². The van der Waals surface area contributed by atoms with Crippen LogP contribution in [0.4, 0.5) is 0 Å². The summed E-state index contributed by atoms with van der Waals surface area (Å²) in [5.41, 5.74) is 0.944. The van der Waals surface area contributed by atoms with E-state index in [0.29, 0.717) is 18.4 Å². The summed E-state index contributed by atoms with van der Waals surface area (Å²) in [6.45, 7) is 8.56. The van der Waals surface area contributed by atoms with Gasteiger partial charge in [-0.3, -0.25) is 4.90 Å². The normalized spacial score (nSPS) is 19.0. The highest BCUT2D eigenvalue weighted by Gasteiger charge is 2.22. The van der Waals surface area contributed by atoms with Gasteiger partial charge in [-0.15, -0.1) is 0 Å². The quantitative estimate of drug-likeness (QED) is 0.824. The highest BCUT2D eigenvalue weighted by Crippen LogP contribution is 2.31. The minimum atomic E-state index is 0.286. The zero-order valence-electron chi connectivity index (χ0n) is 11.9. The number of rotatable bonds is 6. The number of nitrogens with zero attached hydrogens (tertiary/aromatic N) is 1. The van der Waals surface area contributed by atoms with Gasteiger partial charge in [0.1, 0.15) is 0 Å². The average molecular weight is 264 g/mol. The van der Waals surface area contributed by atoms with Crippen LogP contribution in [0.5, 0.6) is 11.5 Å². The molecule has 0 aromatic heterocycles. The van der Waals surface area contributed by atoms with Crippen molar-refractivity contribution in [3.8, 4) is 11.5 Å². The lowest BCUT2D eigenvalue weighted by molar-refractivity contribution is 0.207. The number of aromatic hydroxyl groups is 1. The van der Waals surface area contributed by atoms with E-state index < -0.39 is 0 Å². The van der Waals surface area contributed by atoms with Gasteiger partial charge in [-0.1, -0.05) is 19.1 Å². The Labute approximate surface area is 115 Å². The van der Waals surface area contributed by atoms with Crippen LogP contribution in [0.3, 0.4) is 0 Å². The van der Waals surface area contributed by atoms with E-state index in [0.717, 1.165) is 31.7 Å². The van der Waals surface area contributed by atoms with Gasteiger partial charge < -0.3 is 15.2 Å². The standard InChI is InChI=1S/C15H24N2O2/c1-3-17(13-8-9-16-10-13)11-12-6-5-7-14(15(12)18)19-4-2/h5-7,13,16,18H,3-4,8-11H2,1-2H3. The third-order valence-electron chi connectivity index (χ3n) is 3.71. The first-order valence-electron chi connectivity index (χ1n) is 7.14. The third kappa shape index (κ3) is 3.39. The highest BCUT2D eigenvalue weighted by atomic mass is 16.5. The Kier molecular flexibility index (Phi) is 5.05. The van der Waals surface area contributed by atoms with Gasteiger partial charge in [0.2, 0.25) is 0 Å². The lowest BCUT2D eigenvalue weighted by Crippen LogP contribution is -2.36. The molecule has 0 spiro atoms. The van der Waals surface area contributed by atoms with Gasteiger partial charge in [-0.25, -0.2) is 0 Å². The Morgan fingerprint density at radius 1 is 1.42 bits per heavy atom. The lowest BCUT2D eigenvalue weighted by atomic mass is 10.1. The van der Waals surface area contributed by atoms with Crippen LogP contribution in [-0.4, -0.2) is 42.3 Å². The molecule has 1 aromatic rings. The van der Waals surface area contributed by atoms with Crippen molar-refractivity contribution in [1.29, 1.82) is 0 Å². The molecule has 0 radical (unpaired) electrons. The Morgan fingerprint density at radius 2 is 2.26 bits per heavy atom. The number of likely N-dealkylation sites (N-methyl/N-ethyl adjacent to an activating group) is 1. The van der Waals surface area contributed by atoms with Crippen LogP contribution in [0.2, 0.25) is 0 Å². The number of phenolic OH excluding ortho intramolecular Hbond substituents is 1. The first-order chi connectivity index (χ1) is 9.26. The van der Waals surface area contributed by atoms with Crippen LogP contribution in [0.1, 0.15) is 25.8 Å². The van der Waals surface area contributed by atoms with Gasteiger partial charge in [0.15, 0.2) is 11.5 Å². The van der Waals surface area contributed by atoms with Gasteiger partial charge in [0.05, 0.1) is 6.61 Å². The first kappa shape index (κ1) is 14.2. The molecule has 1 aliphatic rings. The molecule has 19 heavy (non-hydrogen) atoms. The number of nitrogens with one attached hydrogen (secondary N) is 1. The summed E-state index contributed by atoms with van der Waals surface area (Å²) in [5.74, 6) is 0.870. The molecule has 1 aliphatic heterocycles. The first-order valence-corrected chi connectivity index (χ1v) is 7.14. The Morgan fingerprint density at radius 3 is 2.89 bits per heavy atom. The van der Waals surface area contributed by atoms with Gasteiger partial charge in [0.25, 0.3) is 0 Å². The summed E-state index contributed by atoms with van der Waals surface area (Å²) >= 11 is 0. The van der Waals surface area contributed by atoms with E-state index in [1.807, 2.05) is 25.1 Å². The summed E-state index contributed by atoms with van der Waals surface area (Å²) < 4.78 is 5.44. The average Bonchev–Trinajstić information content (AvgIpc) is 2.94. The van der Waals surface area contributed by atoms with E-state index in [1.54, 1.807) is 0 Å². The van der Waals surface area contributed by atoms with Crippen molar-refractivity contribution in [2.75, 3.05) is 26.2 Å². The largest absolute Gasteiger partial charge is 0.504 e. The fourth-order valence-corrected chi connectivity index (χ4v) is 2.64. The minimum Gasteiger partial charge on any atom is -0.504 e. The maximum atomic E-state index is 10.2. The summed E-state index contributed by atoms with van der Waals surface area (Å²) in [4.78, 5) is 2.41. The molecule has 1 atom stereocenters. The molecule has 106 valence electrons. The van der Waals surface area contributed by atoms with E-state index >= 15 is 0 Å². The Balaban J connectivity index is 2.10. The number of phenols is 1. The molecule has 0 saturated carbocycles. The van der Waals surface area contributed by atoms with Gasteiger partial charge in [0, 0.05) is 24.7 Å². The summed E-state index contributed by atoms with van der Waals surface area (Å²) in [5, 5.41) is 13.6. The maximum Gasteiger partial charge on any atom is 0.162 e. The van der Waals surface area contributed by atoms with Crippen LogP contribution in [0.25, 0.3) is 0 Å². The van der Waals surface area contributed by atoms with Gasteiger partial charge in [-0.2, -0.15) is 0 Å². The molecule has 1 fully saturated rings. The van der Waals surface area contributed by atoms with E-state index in [-0.39, 0.29) is 5.75 Å². The summed E-state index contributed by atoms with van der Waals surface area (Å²) in [6, 6.07) is 6.31. The fourth-order valence-electron chi connectivity index (χ4n) is 2.64. The molecule has 1 saturated heterocycles. The molecule has 1 heterocycles. The summed E-state index contributed by atoms with van der Waals surface area (Å²) in [6.07, 6.45) is 1.18. The van der Waals surface area contributed by atoms with Crippen LogP contribution in [-0.2, 0) is 6.54 Å². The minimum absolute atomic E-state index is 0.286. The van der Waals surface area contributed by atoms with Crippen molar-refractivity contribution in [2.24, 2.45) is 0 Å². The van der Waals surface area contributed by atoms with Crippen molar-refractivity contribution in [3.63, 3.8) is 0 Å². The van der Waals surface area contributed by atoms with Crippen LogP contribution < -0.4 is 10.1 Å². The molecule has 2 rings (SSSR count). The van der Waals surface area contributed by atoms with E-state index in [4.69, 9.17) is 4.74 Å². The zero-order chi connectivity index (χ0) is 13.7. The Bertz CT molecular complexity index is 403. The molecule has 0 bridgehead atoms. The van der Waals surface area contributed by atoms with Crippen molar-refractivity contribution in [1.82, 2.24) is 10.2 Å². The fraction of sp³-hybridized carbons (Fsp3) is 0.600. The Hall–Kier alpha value is -1.26. The van der Waals surface area contributed by atoms with Crippen molar-refractivity contribution in [3.05, 3.63) is 23.8 Å². The molecule has 4 nitrogen and oxygen atoms in total. The van der Waals surface area contributed by atoms with Crippen molar-refractivity contribution < 1.29 is 9.84 Å². The summed E-state index contributed by atoms with van der Waals surface area (Å²) in [7, 11) is 0. The number of hydrogen-bond acceptors (Lipinski definition) is 4. The second-order valence-corrected chi connectivity index (χ2v) is 4.91. The topological polar surface area (TPSA) is 44.7 Å². The number of hydrogen-bond donors (Lipinski definition) is 2. The second kappa shape index (κ2) is 6.78. The molecule has 0 aliphatic carbocycles. The second-order valence-electron chi connectivity index (χ2n) is 4.91. The van der Waals surface area contributed by atoms with E-state index in [2.05, 4.69) is 17.1 Å². The maximum absolute atomic E-state index is 10.2. The number of benzene rings is 1. The molecular formula is C15H24N2O2. The highest BCUT2D eigenvalue weighted by molar-refractivity contribution is 5.45. The van der Waals surface area contributed by atoms with Crippen LogP contribution >= 0.6 is 0 Å². The molecule has 2 N–H and O–H groups in total. The predicted molar refractivity (Wildman–Crippen MR) is 76.6 cm³/mol. The van der Waals surface area contributed by atoms with Crippen LogP contribution in [0, 0.1) is 0 Å². The molecule has 1 aromatic carbocycles. The smallest absolute Gasteiger partial charge is 0.162 e. The molecule has 1 unspecified atom stereocenters. The predicted octanol–water partition coefficient (Wildman–Crippen LogP) is 1.97.